The second-order valence-corrected chi connectivity index (χ2v) is 5.02. The maximum atomic E-state index is 12.2. The second-order valence-electron chi connectivity index (χ2n) is 5.02. The molecule has 2 aromatic heterocycles. The monoisotopic (exact) mass is 353 g/mol. The lowest BCUT2D eigenvalue weighted by atomic mass is 10.3. The molecule has 1 N–H and O–H groups in total. The molecule has 1 aromatic carbocycles. The van der Waals surface area contributed by atoms with Crippen LogP contribution in [0.2, 0.25) is 0 Å². The van der Waals surface area contributed by atoms with Crippen LogP contribution in [0.15, 0.2) is 36.9 Å². The van der Waals surface area contributed by atoms with Crippen molar-refractivity contribution < 1.29 is 22.6 Å². The predicted molar refractivity (Wildman–Crippen MR) is 83.6 cm³/mol. The first-order chi connectivity index (χ1) is 12.0. The Labute approximate surface area is 140 Å². The van der Waals surface area contributed by atoms with Crippen molar-refractivity contribution in [1.82, 2.24) is 19.5 Å². The summed E-state index contributed by atoms with van der Waals surface area (Å²) in [7, 11) is 1.60. The minimum Gasteiger partial charge on any atom is -0.406 e. The predicted octanol–water partition coefficient (Wildman–Crippen LogP) is 3.11. The second kappa shape index (κ2) is 6.93. The molecular formula is C15H14F3N5O2. The number of methoxy groups -OCH3 is 1. The quantitative estimate of drug-likeness (QED) is 0.734. The number of nitrogens with one attached hydrogen (secondary N) is 1. The zero-order chi connectivity index (χ0) is 17.9. The van der Waals surface area contributed by atoms with E-state index in [0.29, 0.717) is 35.8 Å². The van der Waals surface area contributed by atoms with Crippen LogP contribution < -0.4 is 10.1 Å². The summed E-state index contributed by atoms with van der Waals surface area (Å²) in [5.74, 6) is 0.153. The molecule has 0 aliphatic rings. The van der Waals surface area contributed by atoms with Crippen molar-refractivity contribution in [1.29, 1.82) is 0 Å². The molecule has 7 nitrogen and oxygen atoms in total. The fourth-order valence-electron chi connectivity index (χ4n) is 2.20. The normalized spacial score (nSPS) is 11.7. The Morgan fingerprint density at radius 1 is 1.12 bits per heavy atom. The Morgan fingerprint density at radius 3 is 2.56 bits per heavy atom. The van der Waals surface area contributed by atoms with E-state index < -0.39 is 6.36 Å². The average Bonchev–Trinajstić information content (AvgIpc) is 2.97. The number of fused-ring (bicyclic) bond motifs is 1. The topological polar surface area (TPSA) is 74.1 Å². The van der Waals surface area contributed by atoms with Gasteiger partial charge in [-0.3, -0.25) is 0 Å². The number of benzene rings is 1. The van der Waals surface area contributed by atoms with Crippen LogP contribution in [-0.2, 0) is 11.3 Å². The molecule has 0 radical (unpaired) electrons. The molecule has 0 amide bonds. The first-order valence-electron chi connectivity index (χ1n) is 7.24. The van der Waals surface area contributed by atoms with Crippen molar-refractivity contribution in [2.45, 2.75) is 12.9 Å². The van der Waals surface area contributed by atoms with E-state index in [1.807, 2.05) is 4.57 Å². The number of nitrogens with zero attached hydrogens (tertiary/aromatic N) is 4. The van der Waals surface area contributed by atoms with Crippen LogP contribution in [0.4, 0.5) is 24.7 Å². The zero-order valence-corrected chi connectivity index (χ0v) is 13.1. The van der Waals surface area contributed by atoms with E-state index in [4.69, 9.17) is 4.74 Å². The number of hydrogen-bond donors (Lipinski definition) is 1. The highest BCUT2D eigenvalue weighted by molar-refractivity contribution is 5.85. The largest absolute Gasteiger partial charge is 0.573 e. The highest BCUT2D eigenvalue weighted by Crippen LogP contribution is 2.26. The van der Waals surface area contributed by atoms with Gasteiger partial charge in [-0.15, -0.1) is 13.2 Å². The highest BCUT2D eigenvalue weighted by Gasteiger charge is 2.30. The molecule has 0 saturated carbocycles. The van der Waals surface area contributed by atoms with Crippen LogP contribution in [0.5, 0.6) is 5.75 Å². The van der Waals surface area contributed by atoms with Crippen LogP contribution in [0, 0.1) is 0 Å². The minimum absolute atomic E-state index is 0.297. The highest BCUT2D eigenvalue weighted by atomic mass is 19.4. The molecule has 0 fully saturated rings. The van der Waals surface area contributed by atoms with Gasteiger partial charge in [0.05, 0.1) is 12.9 Å². The number of rotatable bonds is 6. The Bertz CT molecular complexity index is 848. The van der Waals surface area contributed by atoms with E-state index in [9.17, 15) is 13.2 Å². The molecular weight excluding hydrogens is 339 g/mol. The Morgan fingerprint density at radius 2 is 1.88 bits per heavy atom. The number of hydrogen-bond acceptors (Lipinski definition) is 6. The van der Waals surface area contributed by atoms with Gasteiger partial charge in [0.25, 0.3) is 0 Å². The maximum absolute atomic E-state index is 12.2. The van der Waals surface area contributed by atoms with Gasteiger partial charge in [0.2, 0.25) is 0 Å². The third-order valence-corrected chi connectivity index (χ3v) is 3.29. The summed E-state index contributed by atoms with van der Waals surface area (Å²) < 4.78 is 47.2. The van der Waals surface area contributed by atoms with Gasteiger partial charge in [0.1, 0.15) is 12.1 Å². The third kappa shape index (κ3) is 4.15. The van der Waals surface area contributed by atoms with Gasteiger partial charge < -0.3 is 19.4 Å². The molecule has 0 saturated heterocycles. The summed E-state index contributed by atoms with van der Waals surface area (Å²) in [5.41, 5.74) is 1.72. The van der Waals surface area contributed by atoms with Crippen LogP contribution in [0.3, 0.4) is 0 Å². The van der Waals surface area contributed by atoms with E-state index in [1.54, 1.807) is 13.4 Å². The molecule has 0 bridgehead atoms. The van der Waals surface area contributed by atoms with E-state index in [-0.39, 0.29) is 5.75 Å². The molecule has 0 spiro atoms. The molecule has 0 aliphatic carbocycles. The summed E-state index contributed by atoms with van der Waals surface area (Å²) in [4.78, 5) is 12.6. The zero-order valence-electron chi connectivity index (χ0n) is 13.1. The average molecular weight is 353 g/mol. The summed E-state index contributed by atoms with van der Waals surface area (Å²) in [5, 5.41) is 3.01. The standard InChI is InChI=1S/C15H14F3N5O2/c1-24-7-6-23-9-21-12-13(19-8-20-14(12)23)22-10-2-4-11(5-3-10)25-15(16,17)18/h2-5,8-9H,6-7H2,1H3,(H,19,20,22). The summed E-state index contributed by atoms with van der Waals surface area (Å²) in [6, 6.07) is 5.34. The first-order valence-corrected chi connectivity index (χ1v) is 7.24. The molecule has 0 unspecified atom stereocenters. The van der Waals surface area contributed by atoms with Crippen molar-refractivity contribution in [2.24, 2.45) is 0 Å². The Balaban J connectivity index is 1.80. The van der Waals surface area contributed by atoms with Crippen molar-refractivity contribution in [2.75, 3.05) is 19.0 Å². The van der Waals surface area contributed by atoms with Crippen LogP contribution >= 0.6 is 0 Å². The lowest BCUT2D eigenvalue weighted by Crippen LogP contribution is -2.16. The number of halogens is 3. The maximum Gasteiger partial charge on any atom is 0.573 e. The van der Waals surface area contributed by atoms with Crippen molar-refractivity contribution in [3.05, 3.63) is 36.9 Å². The summed E-state index contributed by atoms with van der Waals surface area (Å²) in [6.07, 6.45) is -1.70. The molecule has 0 aliphatic heterocycles. The van der Waals surface area contributed by atoms with E-state index in [2.05, 4.69) is 25.0 Å². The molecule has 25 heavy (non-hydrogen) atoms. The fourth-order valence-corrected chi connectivity index (χ4v) is 2.20. The van der Waals surface area contributed by atoms with E-state index in [1.165, 1.54) is 30.6 Å². The number of ether oxygens (including phenoxy) is 2. The van der Waals surface area contributed by atoms with Crippen LogP contribution in [-0.4, -0.2) is 39.6 Å². The first kappa shape index (κ1) is 17.0. The SMILES string of the molecule is COCCn1cnc2c(Nc3ccc(OC(F)(F)F)cc3)ncnc21. The Kier molecular flexibility index (Phi) is 4.70. The van der Waals surface area contributed by atoms with Gasteiger partial charge in [-0.2, -0.15) is 0 Å². The van der Waals surface area contributed by atoms with Gasteiger partial charge in [-0.1, -0.05) is 0 Å². The molecule has 2 heterocycles. The van der Waals surface area contributed by atoms with E-state index >= 15 is 0 Å². The molecule has 3 rings (SSSR count). The van der Waals surface area contributed by atoms with Gasteiger partial charge >= 0.3 is 6.36 Å². The fraction of sp³-hybridized carbons (Fsp3) is 0.267. The molecule has 10 heteroatoms. The van der Waals surface area contributed by atoms with Crippen molar-refractivity contribution in [3.63, 3.8) is 0 Å². The van der Waals surface area contributed by atoms with Crippen LogP contribution in [0.1, 0.15) is 0 Å². The molecule has 0 atom stereocenters. The lowest BCUT2D eigenvalue weighted by Gasteiger charge is -2.10. The van der Waals surface area contributed by atoms with Crippen molar-refractivity contribution in [3.8, 4) is 5.75 Å². The number of alkyl halides is 3. The third-order valence-electron chi connectivity index (χ3n) is 3.29. The Hall–Kier alpha value is -2.88. The lowest BCUT2D eigenvalue weighted by molar-refractivity contribution is -0.274. The summed E-state index contributed by atoms with van der Waals surface area (Å²) in [6.45, 7) is 1.10. The van der Waals surface area contributed by atoms with Crippen molar-refractivity contribution >= 4 is 22.7 Å². The number of imidazole rings is 1. The minimum atomic E-state index is -4.72. The van der Waals surface area contributed by atoms with Gasteiger partial charge in [0, 0.05) is 19.3 Å². The number of aromatic nitrogens is 4. The van der Waals surface area contributed by atoms with E-state index in [0.717, 1.165) is 0 Å². The van der Waals surface area contributed by atoms with Gasteiger partial charge in [0.15, 0.2) is 17.0 Å². The number of anilines is 2. The van der Waals surface area contributed by atoms with Gasteiger partial charge in [-0.05, 0) is 24.3 Å². The molecule has 132 valence electrons. The summed E-state index contributed by atoms with van der Waals surface area (Å²) >= 11 is 0. The van der Waals surface area contributed by atoms with Gasteiger partial charge in [-0.25, -0.2) is 15.0 Å². The van der Waals surface area contributed by atoms with Crippen LogP contribution in [0.25, 0.3) is 11.2 Å². The molecule has 3 aromatic rings. The smallest absolute Gasteiger partial charge is 0.406 e.